The molecule has 2 aromatic heterocycles. The first-order chi connectivity index (χ1) is 6.61. The van der Waals surface area contributed by atoms with Gasteiger partial charge in [-0.2, -0.15) is 0 Å². The van der Waals surface area contributed by atoms with Crippen LogP contribution in [-0.4, -0.2) is 14.5 Å². The second-order valence-corrected chi connectivity index (χ2v) is 3.75. The van der Waals surface area contributed by atoms with E-state index < -0.39 is 0 Å². The van der Waals surface area contributed by atoms with E-state index in [1.165, 1.54) is 0 Å². The maximum atomic E-state index is 6.00. The van der Waals surface area contributed by atoms with Gasteiger partial charge < -0.3 is 10.3 Å². The van der Waals surface area contributed by atoms with E-state index in [2.05, 4.69) is 9.97 Å². The molecular formula is C9H11ClN4. The summed E-state index contributed by atoms with van der Waals surface area (Å²) in [6.45, 7) is 4.09. The molecule has 0 amide bonds. The van der Waals surface area contributed by atoms with Crippen LogP contribution < -0.4 is 5.73 Å². The summed E-state index contributed by atoms with van der Waals surface area (Å²) in [6, 6.07) is 2.12. The quantitative estimate of drug-likeness (QED) is 0.786. The number of fused-ring (bicyclic) bond motifs is 1. The molecule has 2 heterocycles. The highest BCUT2D eigenvalue weighted by Gasteiger charge is 2.13. The highest BCUT2D eigenvalue weighted by molar-refractivity contribution is 6.29. The van der Waals surface area contributed by atoms with Crippen LogP contribution in [0.5, 0.6) is 0 Å². The smallest absolute Gasteiger partial charge is 0.204 e. The Morgan fingerprint density at radius 3 is 2.86 bits per heavy atom. The molecule has 2 N–H and O–H groups in total. The molecule has 2 aromatic rings. The number of hydrogen-bond donors (Lipinski definition) is 1. The lowest BCUT2D eigenvalue weighted by Crippen LogP contribution is -2.00. The maximum Gasteiger partial charge on any atom is 0.204 e. The lowest BCUT2D eigenvalue weighted by Gasteiger charge is -2.08. The Hall–Kier alpha value is -1.29. The number of hydrogen-bond acceptors (Lipinski definition) is 3. The predicted molar refractivity (Wildman–Crippen MR) is 57.3 cm³/mol. The number of rotatable bonds is 1. The molecule has 0 spiro atoms. The van der Waals surface area contributed by atoms with Gasteiger partial charge in [-0.3, -0.25) is 0 Å². The fourth-order valence-electron chi connectivity index (χ4n) is 1.51. The first kappa shape index (κ1) is 9.27. The van der Waals surface area contributed by atoms with Crippen LogP contribution in [0.1, 0.15) is 19.9 Å². The molecule has 0 saturated carbocycles. The van der Waals surface area contributed by atoms with Crippen molar-refractivity contribution in [2.45, 2.75) is 19.9 Å². The zero-order valence-electron chi connectivity index (χ0n) is 8.03. The molecule has 0 aliphatic carbocycles. The molecule has 0 saturated heterocycles. The van der Waals surface area contributed by atoms with Gasteiger partial charge in [-0.05, 0) is 31.5 Å². The van der Waals surface area contributed by atoms with Gasteiger partial charge in [0, 0.05) is 12.2 Å². The monoisotopic (exact) mass is 210 g/mol. The highest BCUT2D eigenvalue weighted by atomic mass is 35.5. The van der Waals surface area contributed by atoms with Crippen molar-refractivity contribution < 1.29 is 0 Å². The van der Waals surface area contributed by atoms with Crippen molar-refractivity contribution in [2.75, 3.05) is 5.73 Å². The number of nitrogens with two attached hydrogens (primary N) is 1. The van der Waals surface area contributed by atoms with E-state index in [1.54, 1.807) is 6.20 Å². The molecule has 0 fully saturated rings. The Morgan fingerprint density at radius 1 is 1.50 bits per heavy atom. The Labute approximate surface area is 86.7 Å². The Kier molecular flexibility index (Phi) is 2.07. The fourth-order valence-corrected chi connectivity index (χ4v) is 1.88. The van der Waals surface area contributed by atoms with E-state index in [1.807, 2.05) is 24.5 Å². The minimum absolute atomic E-state index is 0.259. The summed E-state index contributed by atoms with van der Waals surface area (Å²) in [4.78, 5) is 8.14. The molecule has 0 aliphatic rings. The maximum absolute atomic E-state index is 6.00. The summed E-state index contributed by atoms with van der Waals surface area (Å²) in [6.07, 6.45) is 1.66. The second kappa shape index (κ2) is 3.13. The van der Waals surface area contributed by atoms with E-state index in [0.717, 1.165) is 5.52 Å². The molecular weight excluding hydrogens is 200 g/mol. The van der Waals surface area contributed by atoms with Gasteiger partial charge in [0.25, 0.3) is 0 Å². The van der Waals surface area contributed by atoms with Crippen LogP contribution in [0, 0.1) is 0 Å². The van der Waals surface area contributed by atoms with Crippen LogP contribution >= 0.6 is 11.6 Å². The molecule has 14 heavy (non-hydrogen) atoms. The Morgan fingerprint density at radius 2 is 2.21 bits per heavy atom. The van der Waals surface area contributed by atoms with Gasteiger partial charge in [-0.25, -0.2) is 9.97 Å². The third-order valence-corrected chi connectivity index (χ3v) is 2.38. The largest absolute Gasteiger partial charge is 0.382 e. The van der Waals surface area contributed by atoms with Crippen LogP contribution in [0.25, 0.3) is 11.0 Å². The fraction of sp³-hybridized carbons (Fsp3) is 0.333. The third kappa shape index (κ3) is 1.23. The van der Waals surface area contributed by atoms with Crippen molar-refractivity contribution in [1.82, 2.24) is 14.5 Å². The number of pyridine rings is 1. The third-order valence-electron chi connectivity index (χ3n) is 2.11. The summed E-state index contributed by atoms with van der Waals surface area (Å²) in [5.74, 6) is 0.420. The Balaban J connectivity index is 2.83. The first-order valence-corrected chi connectivity index (χ1v) is 4.77. The molecule has 2 rings (SSSR count). The van der Waals surface area contributed by atoms with Crippen LogP contribution in [0.15, 0.2) is 12.3 Å². The van der Waals surface area contributed by atoms with Crippen LogP contribution in [0.3, 0.4) is 0 Å². The van der Waals surface area contributed by atoms with E-state index in [9.17, 15) is 0 Å². The zero-order valence-corrected chi connectivity index (χ0v) is 8.78. The number of anilines is 1. The predicted octanol–water partition coefficient (Wildman–Crippen LogP) is 2.25. The molecule has 0 aromatic carbocycles. The van der Waals surface area contributed by atoms with Gasteiger partial charge in [-0.1, -0.05) is 0 Å². The van der Waals surface area contributed by atoms with Crippen molar-refractivity contribution in [1.29, 1.82) is 0 Å². The molecule has 0 bridgehead atoms. The van der Waals surface area contributed by atoms with Gasteiger partial charge in [0.15, 0.2) is 5.82 Å². The van der Waals surface area contributed by atoms with E-state index >= 15 is 0 Å². The van der Waals surface area contributed by atoms with Crippen molar-refractivity contribution in [3.63, 3.8) is 0 Å². The molecule has 0 radical (unpaired) electrons. The number of aromatic nitrogens is 3. The summed E-state index contributed by atoms with van der Waals surface area (Å²) in [5, 5.41) is 0.453. The van der Waals surface area contributed by atoms with Crippen LogP contribution in [0.4, 0.5) is 5.82 Å². The minimum atomic E-state index is 0.259. The summed E-state index contributed by atoms with van der Waals surface area (Å²) in [7, 11) is 0. The molecule has 5 heteroatoms. The Bertz CT molecular complexity index is 475. The second-order valence-electron chi connectivity index (χ2n) is 3.41. The molecule has 4 nitrogen and oxygen atoms in total. The summed E-state index contributed by atoms with van der Waals surface area (Å²) >= 11 is 6.00. The number of nitrogen functional groups attached to an aromatic ring is 1. The average molecular weight is 211 g/mol. The lowest BCUT2D eigenvalue weighted by molar-refractivity contribution is 0.618. The van der Waals surface area contributed by atoms with Gasteiger partial charge in [0.05, 0.1) is 5.52 Å². The molecule has 0 atom stereocenters. The lowest BCUT2D eigenvalue weighted by atomic mass is 10.3. The number of imidazole rings is 1. The van der Waals surface area contributed by atoms with Crippen LogP contribution in [-0.2, 0) is 0 Å². The van der Waals surface area contributed by atoms with Crippen molar-refractivity contribution in [2.24, 2.45) is 0 Å². The number of nitrogens with zero attached hydrogens (tertiary/aromatic N) is 3. The van der Waals surface area contributed by atoms with Crippen LogP contribution in [0.2, 0.25) is 5.28 Å². The van der Waals surface area contributed by atoms with Gasteiger partial charge in [-0.15, -0.1) is 0 Å². The first-order valence-electron chi connectivity index (χ1n) is 4.39. The standard InChI is InChI=1S/C9H11ClN4/c1-5(2)14-6-3-4-12-8(11)7(6)13-9(14)10/h3-5H,1-2H3,(H2,11,12). The van der Waals surface area contributed by atoms with E-state index in [0.29, 0.717) is 16.6 Å². The minimum Gasteiger partial charge on any atom is -0.382 e. The molecule has 0 aliphatic heterocycles. The summed E-state index contributed by atoms with van der Waals surface area (Å²) in [5.41, 5.74) is 7.29. The van der Waals surface area contributed by atoms with E-state index in [4.69, 9.17) is 17.3 Å². The highest BCUT2D eigenvalue weighted by Crippen LogP contribution is 2.25. The van der Waals surface area contributed by atoms with Crippen molar-refractivity contribution in [3.05, 3.63) is 17.5 Å². The van der Waals surface area contributed by atoms with E-state index in [-0.39, 0.29) is 6.04 Å². The van der Waals surface area contributed by atoms with Crippen molar-refractivity contribution in [3.8, 4) is 0 Å². The zero-order chi connectivity index (χ0) is 10.3. The normalized spacial score (nSPS) is 11.4. The molecule has 0 unspecified atom stereocenters. The van der Waals surface area contributed by atoms with Gasteiger partial charge >= 0.3 is 0 Å². The average Bonchev–Trinajstić information content (AvgIpc) is 2.42. The topological polar surface area (TPSA) is 56.7 Å². The SMILES string of the molecule is CC(C)n1c(Cl)nc2c(N)nccc21. The van der Waals surface area contributed by atoms with Gasteiger partial charge in [0.1, 0.15) is 5.52 Å². The summed E-state index contributed by atoms with van der Waals surface area (Å²) < 4.78 is 1.93. The molecule has 74 valence electrons. The van der Waals surface area contributed by atoms with Gasteiger partial charge in [0.2, 0.25) is 5.28 Å². The van der Waals surface area contributed by atoms with Crippen molar-refractivity contribution >= 4 is 28.5 Å². The number of halogens is 1.